The fourth-order valence-corrected chi connectivity index (χ4v) is 2.40. The standard InChI is InChI=1S/C19H23FN4O2.HI/c1-21-19(24(2)13-14-7-9-17(26-3)10-8-14)22-12-18(25)23-16-6-4-5-15(20)11-16;/h4-11H,12-13H2,1-3H3,(H,21,22)(H,23,25);1H. The third-order valence-electron chi connectivity index (χ3n) is 3.67. The molecule has 27 heavy (non-hydrogen) atoms. The quantitative estimate of drug-likeness (QED) is 0.374. The van der Waals surface area contributed by atoms with Crippen molar-refractivity contribution in [3.8, 4) is 5.75 Å². The van der Waals surface area contributed by atoms with Crippen molar-refractivity contribution >= 4 is 41.5 Å². The van der Waals surface area contributed by atoms with Gasteiger partial charge in [-0.1, -0.05) is 18.2 Å². The van der Waals surface area contributed by atoms with Crippen molar-refractivity contribution in [2.45, 2.75) is 6.54 Å². The van der Waals surface area contributed by atoms with Crippen LogP contribution in [-0.4, -0.2) is 44.5 Å². The molecule has 146 valence electrons. The summed E-state index contributed by atoms with van der Waals surface area (Å²) in [6.45, 7) is 0.644. The molecule has 0 bridgehead atoms. The first-order valence-corrected chi connectivity index (χ1v) is 8.12. The van der Waals surface area contributed by atoms with Gasteiger partial charge in [0.15, 0.2) is 5.96 Å². The zero-order chi connectivity index (χ0) is 18.9. The Morgan fingerprint density at radius 2 is 1.93 bits per heavy atom. The maximum Gasteiger partial charge on any atom is 0.243 e. The van der Waals surface area contributed by atoms with E-state index in [0.29, 0.717) is 18.2 Å². The molecule has 1 amide bonds. The van der Waals surface area contributed by atoms with Gasteiger partial charge in [-0.2, -0.15) is 0 Å². The maximum atomic E-state index is 13.1. The molecular formula is C19H24FIN4O2. The van der Waals surface area contributed by atoms with Gasteiger partial charge in [0.2, 0.25) is 5.91 Å². The Labute approximate surface area is 175 Å². The minimum absolute atomic E-state index is 0. The van der Waals surface area contributed by atoms with E-state index in [-0.39, 0.29) is 36.4 Å². The van der Waals surface area contributed by atoms with Crippen LogP contribution in [0.2, 0.25) is 0 Å². The van der Waals surface area contributed by atoms with E-state index < -0.39 is 5.82 Å². The number of methoxy groups -OCH3 is 1. The number of aliphatic imine (C=N–C) groups is 1. The summed E-state index contributed by atoms with van der Waals surface area (Å²) in [6.07, 6.45) is 0. The van der Waals surface area contributed by atoms with Crippen LogP contribution in [0.3, 0.4) is 0 Å². The summed E-state index contributed by atoms with van der Waals surface area (Å²) in [6, 6.07) is 13.5. The smallest absolute Gasteiger partial charge is 0.243 e. The third kappa shape index (κ3) is 7.41. The van der Waals surface area contributed by atoms with Gasteiger partial charge in [-0.25, -0.2) is 4.39 Å². The Hall–Kier alpha value is -2.36. The molecule has 0 unspecified atom stereocenters. The summed E-state index contributed by atoms with van der Waals surface area (Å²) >= 11 is 0. The Bertz CT molecular complexity index is 769. The minimum Gasteiger partial charge on any atom is -0.497 e. The number of guanidine groups is 1. The molecule has 0 fully saturated rings. The van der Waals surface area contributed by atoms with Crippen LogP contribution in [-0.2, 0) is 11.3 Å². The molecular weight excluding hydrogens is 462 g/mol. The molecule has 8 heteroatoms. The van der Waals surface area contributed by atoms with Crippen molar-refractivity contribution in [3.05, 3.63) is 59.9 Å². The van der Waals surface area contributed by atoms with Crippen molar-refractivity contribution in [1.82, 2.24) is 10.2 Å². The number of hydrogen-bond acceptors (Lipinski definition) is 3. The van der Waals surface area contributed by atoms with Gasteiger partial charge >= 0.3 is 0 Å². The fourth-order valence-electron chi connectivity index (χ4n) is 2.40. The highest BCUT2D eigenvalue weighted by Gasteiger charge is 2.09. The van der Waals surface area contributed by atoms with Crippen LogP contribution in [0.4, 0.5) is 10.1 Å². The molecule has 2 N–H and O–H groups in total. The molecule has 0 heterocycles. The lowest BCUT2D eigenvalue weighted by Gasteiger charge is -2.22. The van der Waals surface area contributed by atoms with E-state index in [9.17, 15) is 9.18 Å². The predicted octanol–water partition coefficient (Wildman–Crippen LogP) is 3.10. The van der Waals surface area contributed by atoms with E-state index in [0.717, 1.165) is 11.3 Å². The molecule has 0 aromatic heterocycles. The number of nitrogens with one attached hydrogen (secondary N) is 2. The molecule has 0 radical (unpaired) electrons. The molecule has 0 atom stereocenters. The second-order valence-corrected chi connectivity index (χ2v) is 5.66. The lowest BCUT2D eigenvalue weighted by Crippen LogP contribution is -2.42. The Morgan fingerprint density at radius 3 is 2.52 bits per heavy atom. The van der Waals surface area contributed by atoms with Gasteiger partial charge in [-0.15, -0.1) is 24.0 Å². The maximum absolute atomic E-state index is 13.1. The van der Waals surface area contributed by atoms with E-state index in [4.69, 9.17) is 4.74 Å². The van der Waals surface area contributed by atoms with Crippen LogP contribution in [0.1, 0.15) is 5.56 Å². The average Bonchev–Trinajstić information content (AvgIpc) is 2.63. The monoisotopic (exact) mass is 486 g/mol. The second kappa shape index (κ2) is 11.4. The van der Waals surface area contributed by atoms with E-state index in [1.165, 1.54) is 12.1 Å². The highest BCUT2D eigenvalue weighted by atomic mass is 127. The summed E-state index contributed by atoms with van der Waals surface area (Å²) < 4.78 is 18.3. The Morgan fingerprint density at radius 1 is 1.22 bits per heavy atom. The van der Waals surface area contributed by atoms with Gasteiger partial charge in [0.05, 0.1) is 13.7 Å². The summed E-state index contributed by atoms with van der Waals surface area (Å²) in [5, 5.41) is 5.63. The summed E-state index contributed by atoms with van der Waals surface area (Å²) in [4.78, 5) is 18.1. The molecule has 2 aromatic carbocycles. The predicted molar refractivity (Wildman–Crippen MR) is 116 cm³/mol. The molecule has 6 nitrogen and oxygen atoms in total. The van der Waals surface area contributed by atoms with E-state index in [1.807, 2.05) is 36.2 Å². The van der Waals surface area contributed by atoms with Crippen LogP contribution in [0.25, 0.3) is 0 Å². The number of hydrogen-bond donors (Lipinski definition) is 2. The number of carbonyl (C=O) groups is 1. The number of rotatable bonds is 6. The number of anilines is 1. The summed E-state index contributed by atoms with van der Waals surface area (Å²) in [5.41, 5.74) is 1.50. The minimum atomic E-state index is -0.397. The molecule has 0 aliphatic carbocycles. The van der Waals surface area contributed by atoms with Crippen LogP contribution < -0.4 is 15.4 Å². The first-order valence-electron chi connectivity index (χ1n) is 8.12. The Kier molecular flexibility index (Phi) is 9.55. The number of benzene rings is 2. The summed E-state index contributed by atoms with van der Waals surface area (Å²) in [7, 11) is 5.16. The van der Waals surface area contributed by atoms with Crippen LogP contribution in [0, 0.1) is 5.82 Å². The SMILES string of the molecule is CN=C(NCC(=O)Nc1cccc(F)c1)N(C)Cc1ccc(OC)cc1.I. The van der Waals surface area contributed by atoms with E-state index in [2.05, 4.69) is 15.6 Å². The fraction of sp³-hybridized carbons (Fsp3) is 0.263. The molecule has 0 saturated heterocycles. The topological polar surface area (TPSA) is 66.0 Å². The zero-order valence-corrected chi connectivity index (χ0v) is 17.9. The van der Waals surface area contributed by atoms with Gasteiger partial charge in [-0.3, -0.25) is 9.79 Å². The largest absolute Gasteiger partial charge is 0.497 e. The van der Waals surface area contributed by atoms with E-state index in [1.54, 1.807) is 26.3 Å². The zero-order valence-electron chi connectivity index (χ0n) is 15.5. The average molecular weight is 486 g/mol. The van der Waals surface area contributed by atoms with Crippen molar-refractivity contribution in [1.29, 1.82) is 0 Å². The van der Waals surface area contributed by atoms with Gasteiger partial charge in [-0.05, 0) is 35.9 Å². The molecule has 2 aromatic rings. The van der Waals surface area contributed by atoms with E-state index >= 15 is 0 Å². The molecule has 0 aliphatic heterocycles. The van der Waals surface area contributed by atoms with Gasteiger partial charge in [0.25, 0.3) is 0 Å². The number of nitrogens with zero attached hydrogens (tertiary/aromatic N) is 2. The summed E-state index contributed by atoms with van der Waals surface area (Å²) in [5.74, 6) is 0.698. The van der Waals surface area contributed by atoms with Crippen LogP contribution in [0.5, 0.6) is 5.75 Å². The lowest BCUT2D eigenvalue weighted by molar-refractivity contribution is -0.115. The van der Waals surface area contributed by atoms with Crippen LogP contribution >= 0.6 is 24.0 Å². The lowest BCUT2D eigenvalue weighted by atomic mass is 10.2. The van der Waals surface area contributed by atoms with Gasteiger partial charge < -0.3 is 20.3 Å². The first-order chi connectivity index (χ1) is 12.5. The van der Waals surface area contributed by atoms with Crippen LogP contribution in [0.15, 0.2) is 53.5 Å². The number of amides is 1. The van der Waals surface area contributed by atoms with Crippen molar-refractivity contribution in [2.24, 2.45) is 4.99 Å². The number of ether oxygens (including phenoxy) is 1. The number of carbonyl (C=O) groups excluding carboxylic acids is 1. The highest BCUT2D eigenvalue weighted by molar-refractivity contribution is 14.0. The van der Waals surface area contributed by atoms with Crippen molar-refractivity contribution < 1.29 is 13.9 Å². The number of halogens is 2. The van der Waals surface area contributed by atoms with Gasteiger partial charge in [0, 0.05) is 26.3 Å². The Balaban J connectivity index is 0.00000364. The molecule has 0 saturated carbocycles. The third-order valence-corrected chi connectivity index (χ3v) is 3.67. The molecule has 2 rings (SSSR count). The van der Waals surface area contributed by atoms with Gasteiger partial charge in [0.1, 0.15) is 11.6 Å². The highest BCUT2D eigenvalue weighted by Crippen LogP contribution is 2.12. The molecule has 0 spiro atoms. The van der Waals surface area contributed by atoms with Crippen molar-refractivity contribution in [2.75, 3.05) is 33.1 Å². The normalized spacial score (nSPS) is 10.6. The van der Waals surface area contributed by atoms with Crippen molar-refractivity contribution in [3.63, 3.8) is 0 Å². The second-order valence-electron chi connectivity index (χ2n) is 5.66. The first kappa shape index (κ1) is 22.7. The molecule has 0 aliphatic rings.